The van der Waals surface area contributed by atoms with E-state index < -0.39 is 0 Å². The number of methoxy groups -OCH3 is 1. The van der Waals surface area contributed by atoms with Crippen molar-refractivity contribution in [3.63, 3.8) is 0 Å². The fourth-order valence-electron chi connectivity index (χ4n) is 2.15. The summed E-state index contributed by atoms with van der Waals surface area (Å²) in [7, 11) is 1.65. The van der Waals surface area contributed by atoms with Crippen LogP contribution in [-0.4, -0.2) is 19.2 Å². The van der Waals surface area contributed by atoms with E-state index in [1.165, 1.54) is 0 Å². The quantitative estimate of drug-likeness (QED) is 0.563. The molecule has 2 rings (SSSR count). The van der Waals surface area contributed by atoms with E-state index >= 15 is 0 Å². The maximum absolute atomic E-state index is 11.8. The first-order valence-electron chi connectivity index (χ1n) is 6.58. The molecular formula is C15H19IO3. The van der Waals surface area contributed by atoms with Crippen molar-refractivity contribution in [2.75, 3.05) is 7.11 Å². The third-order valence-electron chi connectivity index (χ3n) is 3.36. The summed E-state index contributed by atoms with van der Waals surface area (Å²) in [5, 5.41) is 0. The van der Waals surface area contributed by atoms with Gasteiger partial charge in [-0.15, -0.1) is 0 Å². The van der Waals surface area contributed by atoms with Crippen molar-refractivity contribution >= 4 is 28.6 Å². The second-order valence-corrected chi connectivity index (χ2v) is 6.18. The minimum absolute atomic E-state index is 0.108. The van der Waals surface area contributed by atoms with Gasteiger partial charge in [0.25, 0.3) is 0 Å². The number of hydrogen-bond donors (Lipinski definition) is 0. The molecular weight excluding hydrogens is 355 g/mol. The number of carbonyl (C=O) groups excluding carboxylic acids is 1. The van der Waals surface area contributed by atoms with Gasteiger partial charge in [0.05, 0.1) is 0 Å². The van der Waals surface area contributed by atoms with Crippen LogP contribution in [0.2, 0.25) is 0 Å². The summed E-state index contributed by atoms with van der Waals surface area (Å²) >= 11 is 2.28. The molecule has 19 heavy (non-hydrogen) atoms. The van der Waals surface area contributed by atoms with Gasteiger partial charge in [-0.3, -0.25) is 4.79 Å². The molecule has 0 spiro atoms. The molecule has 0 radical (unpaired) electrons. The van der Waals surface area contributed by atoms with Crippen molar-refractivity contribution in [1.82, 2.24) is 0 Å². The van der Waals surface area contributed by atoms with Crippen LogP contribution < -0.4 is 0 Å². The second kappa shape index (κ2) is 6.70. The van der Waals surface area contributed by atoms with Gasteiger partial charge in [0.2, 0.25) is 0 Å². The van der Waals surface area contributed by atoms with E-state index in [2.05, 4.69) is 22.6 Å². The fraction of sp³-hybridized carbons (Fsp3) is 0.533. The van der Waals surface area contributed by atoms with E-state index in [1.54, 1.807) is 7.11 Å². The highest BCUT2D eigenvalue weighted by molar-refractivity contribution is 14.1. The summed E-state index contributed by atoms with van der Waals surface area (Å²) in [6.07, 6.45) is 2.39. The Kier molecular flexibility index (Phi) is 5.21. The molecule has 3 nitrogen and oxygen atoms in total. The van der Waals surface area contributed by atoms with Crippen molar-refractivity contribution in [3.8, 4) is 0 Å². The smallest absolute Gasteiger partial charge is 0.306 e. The fourth-order valence-corrected chi connectivity index (χ4v) is 2.85. The summed E-state index contributed by atoms with van der Waals surface area (Å²) in [6, 6.07) is 8.01. The Morgan fingerprint density at radius 1 is 1.42 bits per heavy atom. The SMILES string of the molecule is CO[C@@H](c1ccccc1I)[C@H](C)OC(=O)CC1CC1. The highest BCUT2D eigenvalue weighted by Crippen LogP contribution is 2.33. The largest absolute Gasteiger partial charge is 0.460 e. The van der Waals surface area contributed by atoms with Gasteiger partial charge in [0.1, 0.15) is 12.2 Å². The summed E-state index contributed by atoms with van der Waals surface area (Å²) in [6.45, 7) is 1.89. The lowest BCUT2D eigenvalue weighted by Gasteiger charge is -2.24. The molecule has 0 aromatic heterocycles. The Hall–Kier alpha value is -0.620. The molecule has 0 aliphatic heterocycles. The van der Waals surface area contributed by atoms with E-state index in [0.29, 0.717) is 12.3 Å². The van der Waals surface area contributed by atoms with Gasteiger partial charge >= 0.3 is 5.97 Å². The Morgan fingerprint density at radius 3 is 2.68 bits per heavy atom. The van der Waals surface area contributed by atoms with Crippen LogP contribution in [0.15, 0.2) is 24.3 Å². The van der Waals surface area contributed by atoms with Gasteiger partial charge in [0.15, 0.2) is 0 Å². The predicted octanol–water partition coefficient (Wildman–Crippen LogP) is 3.71. The lowest BCUT2D eigenvalue weighted by atomic mass is 10.1. The van der Waals surface area contributed by atoms with Crippen molar-refractivity contribution in [2.24, 2.45) is 5.92 Å². The van der Waals surface area contributed by atoms with Crippen LogP contribution in [0, 0.1) is 9.49 Å². The zero-order valence-electron chi connectivity index (χ0n) is 11.3. The zero-order valence-corrected chi connectivity index (χ0v) is 13.4. The highest BCUT2D eigenvalue weighted by Gasteiger charge is 2.28. The van der Waals surface area contributed by atoms with Gasteiger partial charge in [-0.25, -0.2) is 0 Å². The number of ether oxygens (including phenoxy) is 2. The number of benzene rings is 1. The van der Waals surface area contributed by atoms with E-state index in [9.17, 15) is 4.79 Å². The van der Waals surface area contributed by atoms with Crippen molar-refractivity contribution in [1.29, 1.82) is 0 Å². The first-order valence-corrected chi connectivity index (χ1v) is 7.66. The molecule has 0 bridgehead atoms. The Labute approximate surface area is 127 Å². The molecule has 4 heteroatoms. The van der Waals surface area contributed by atoms with Gasteiger partial charge in [-0.1, -0.05) is 18.2 Å². The van der Waals surface area contributed by atoms with E-state index in [4.69, 9.17) is 9.47 Å². The van der Waals surface area contributed by atoms with E-state index in [1.807, 2.05) is 31.2 Å². The Bertz CT molecular complexity index is 443. The van der Waals surface area contributed by atoms with Crippen LogP contribution in [0.4, 0.5) is 0 Å². The van der Waals surface area contributed by atoms with Gasteiger partial charge < -0.3 is 9.47 Å². The second-order valence-electron chi connectivity index (χ2n) is 5.02. The molecule has 0 amide bonds. The highest BCUT2D eigenvalue weighted by atomic mass is 127. The maximum atomic E-state index is 11.8. The van der Waals surface area contributed by atoms with Crippen molar-refractivity contribution < 1.29 is 14.3 Å². The number of rotatable bonds is 6. The van der Waals surface area contributed by atoms with Gasteiger partial charge in [-0.2, -0.15) is 0 Å². The van der Waals surface area contributed by atoms with Crippen molar-refractivity contribution in [2.45, 2.75) is 38.4 Å². The predicted molar refractivity (Wildman–Crippen MR) is 81.8 cm³/mol. The third-order valence-corrected chi connectivity index (χ3v) is 4.34. The third kappa shape index (κ3) is 4.18. The van der Waals surface area contributed by atoms with Crippen LogP contribution in [0.25, 0.3) is 0 Å². The minimum atomic E-state index is -0.271. The lowest BCUT2D eigenvalue weighted by Crippen LogP contribution is -2.24. The maximum Gasteiger partial charge on any atom is 0.306 e. The monoisotopic (exact) mass is 374 g/mol. The molecule has 0 saturated heterocycles. The normalized spacial score (nSPS) is 17.8. The van der Waals surface area contributed by atoms with Crippen LogP contribution in [0.3, 0.4) is 0 Å². The Morgan fingerprint density at radius 2 is 2.11 bits per heavy atom. The molecule has 0 heterocycles. The minimum Gasteiger partial charge on any atom is -0.460 e. The lowest BCUT2D eigenvalue weighted by molar-refractivity contribution is -0.155. The average Bonchev–Trinajstić information content (AvgIpc) is 3.16. The standard InChI is InChI=1S/C15H19IO3/c1-10(19-14(17)9-11-7-8-11)15(18-2)12-5-3-4-6-13(12)16/h3-6,10-11,15H,7-9H2,1-2H3/t10-,15+/m0/s1. The summed E-state index contributed by atoms with van der Waals surface area (Å²) in [5.74, 6) is 0.445. The average molecular weight is 374 g/mol. The van der Waals surface area contributed by atoms with Crippen LogP contribution in [-0.2, 0) is 14.3 Å². The van der Waals surface area contributed by atoms with Crippen LogP contribution in [0.1, 0.15) is 37.9 Å². The van der Waals surface area contributed by atoms with E-state index in [-0.39, 0.29) is 18.2 Å². The molecule has 1 aromatic carbocycles. The molecule has 1 aliphatic carbocycles. The molecule has 1 aliphatic rings. The topological polar surface area (TPSA) is 35.5 Å². The first kappa shape index (κ1) is 14.8. The van der Waals surface area contributed by atoms with Gasteiger partial charge in [0, 0.05) is 17.1 Å². The number of hydrogen-bond acceptors (Lipinski definition) is 3. The summed E-state index contributed by atoms with van der Waals surface area (Å²) in [4.78, 5) is 11.8. The van der Waals surface area contributed by atoms with E-state index in [0.717, 1.165) is 22.0 Å². The first-order chi connectivity index (χ1) is 9.11. The molecule has 1 aromatic rings. The summed E-state index contributed by atoms with van der Waals surface area (Å²) in [5.41, 5.74) is 1.07. The zero-order chi connectivity index (χ0) is 13.8. The molecule has 1 fully saturated rings. The molecule has 104 valence electrons. The van der Waals surface area contributed by atoms with Gasteiger partial charge in [-0.05, 0) is 59.9 Å². The number of carbonyl (C=O) groups is 1. The number of halogens is 1. The summed E-state index contributed by atoms with van der Waals surface area (Å²) < 4.78 is 12.1. The van der Waals surface area contributed by atoms with Crippen LogP contribution >= 0.6 is 22.6 Å². The Balaban J connectivity index is 1.99. The molecule has 0 N–H and O–H groups in total. The number of esters is 1. The molecule has 2 atom stereocenters. The van der Waals surface area contributed by atoms with Crippen LogP contribution in [0.5, 0.6) is 0 Å². The van der Waals surface area contributed by atoms with Crippen molar-refractivity contribution in [3.05, 3.63) is 33.4 Å². The molecule has 1 saturated carbocycles. The molecule has 0 unspecified atom stereocenters.